The molecule has 0 amide bonds. The van der Waals surface area contributed by atoms with Gasteiger partial charge in [0.15, 0.2) is 0 Å². The van der Waals surface area contributed by atoms with Crippen molar-refractivity contribution >= 4 is 10.1 Å². The SMILES string of the molecule is C=CC(CCc1ccccc1)S(=O)(=O)O. The lowest BCUT2D eigenvalue weighted by molar-refractivity contribution is 0.471. The van der Waals surface area contributed by atoms with Crippen LogP contribution in [0, 0.1) is 0 Å². The van der Waals surface area contributed by atoms with Crippen molar-refractivity contribution in [2.75, 3.05) is 0 Å². The van der Waals surface area contributed by atoms with Crippen molar-refractivity contribution in [2.24, 2.45) is 0 Å². The highest BCUT2D eigenvalue weighted by Gasteiger charge is 2.18. The molecule has 0 saturated heterocycles. The molecule has 0 heterocycles. The molecule has 1 N–H and O–H groups in total. The Bertz CT molecular complexity index is 409. The number of hydrogen-bond acceptors (Lipinski definition) is 2. The maximum Gasteiger partial charge on any atom is 0.271 e. The Morgan fingerprint density at radius 1 is 1.33 bits per heavy atom. The van der Waals surface area contributed by atoms with Crippen molar-refractivity contribution < 1.29 is 13.0 Å². The summed E-state index contributed by atoms with van der Waals surface area (Å²) in [5.74, 6) is 0. The van der Waals surface area contributed by atoms with E-state index in [1.807, 2.05) is 30.3 Å². The summed E-state index contributed by atoms with van der Waals surface area (Å²) >= 11 is 0. The topological polar surface area (TPSA) is 54.4 Å². The molecule has 1 aromatic carbocycles. The molecule has 0 fully saturated rings. The summed E-state index contributed by atoms with van der Waals surface area (Å²) in [7, 11) is -4.00. The summed E-state index contributed by atoms with van der Waals surface area (Å²) in [5.41, 5.74) is 1.05. The molecular weight excluding hydrogens is 212 g/mol. The van der Waals surface area contributed by atoms with Gasteiger partial charge in [-0.3, -0.25) is 4.55 Å². The molecule has 0 radical (unpaired) electrons. The highest BCUT2D eigenvalue weighted by Crippen LogP contribution is 2.10. The third-order valence-corrected chi connectivity index (χ3v) is 3.40. The van der Waals surface area contributed by atoms with Crippen LogP contribution in [0.1, 0.15) is 12.0 Å². The van der Waals surface area contributed by atoms with Crippen molar-refractivity contribution in [3.63, 3.8) is 0 Å². The van der Waals surface area contributed by atoms with E-state index >= 15 is 0 Å². The fraction of sp³-hybridized carbons (Fsp3) is 0.273. The van der Waals surface area contributed by atoms with E-state index < -0.39 is 15.4 Å². The lowest BCUT2D eigenvalue weighted by Crippen LogP contribution is -2.18. The van der Waals surface area contributed by atoms with Gasteiger partial charge >= 0.3 is 0 Å². The first-order chi connectivity index (χ1) is 7.04. The number of rotatable bonds is 5. The Labute approximate surface area is 90.2 Å². The highest BCUT2D eigenvalue weighted by atomic mass is 32.2. The quantitative estimate of drug-likeness (QED) is 0.617. The molecule has 3 nitrogen and oxygen atoms in total. The number of benzene rings is 1. The van der Waals surface area contributed by atoms with Crippen LogP contribution in [-0.4, -0.2) is 18.2 Å². The van der Waals surface area contributed by atoms with Crippen LogP contribution in [0.2, 0.25) is 0 Å². The maximum atomic E-state index is 10.9. The molecular formula is C11H14O3S. The lowest BCUT2D eigenvalue weighted by atomic mass is 10.1. The average Bonchev–Trinajstić information content (AvgIpc) is 2.18. The molecule has 0 saturated carbocycles. The molecule has 82 valence electrons. The van der Waals surface area contributed by atoms with Crippen LogP contribution in [0.4, 0.5) is 0 Å². The number of hydrogen-bond donors (Lipinski definition) is 1. The molecule has 0 bridgehead atoms. The molecule has 1 aromatic rings. The van der Waals surface area contributed by atoms with Crippen LogP contribution >= 0.6 is 0 Å². The Morgan fingerprint density at radius 2 is 1.93 bits per heavy atom. The van der Waals surface area contributed by atoms with Crippen LogP contribution in [0.5, 0.6) is 0 Å². The smallest absolute Gasteiger partial charge is 0.271 e. The second-order valence-electron chi connectivity index (χ2n) is 3.31. The minimum Gasteiger partial charge on any atom is -0.285 e. The van der Waals surface area contributed by atoms with Gasteiger partial charge in [-0.15, -0.1) is 6.58 Å². The van der Waals surface area contributed by atoms with Crippen molar-refractivity contribution in [2.45, 2.75) is 18.1 Å². The second-order valence-corrected chi connectivity index (χ2v) is 4.95. The van der Waals surface area contributed by atoms with Crippen molar-refractivity contribution in [1.29, 1.82) is 0 Å². The molecule has 1 unspecified atom stereocenters. The van der Waals surface area contributed by atoms with Crippen LogP contribution in [0.25, 0.3) is 0 Å². The molecule has 4 heteroatoms. The molecule has 0 spiro atoms. The van der Waals surface area contributed by atoms with Gasteiger partial charge in [-0.05, 0) is 18.4 Å². The maximum absolute atomic E-state index is 10.9. The monoisotopic (exact) mass is 226 g/mol. The summed E-state index contributed by atoms with van der Waals surface area (Å²) in [6.07, 6.45) is 2.22. The first kappa shape index (κ1) is 11.9. The summed E-state index contributed by atoms with van der Waals surface area (Å²) < 4.78 is 30.6. The fourth-order valence-corrected chi connectivity index (χ4v) is 2.00. The van der Waals surface area contributed by atoms with Gasteiger partial charge in [-0.2, -0.15) is 8.42 Å². The summed E-state index contributed by atoms with van der Waals surface area (Å²) in [4.78, 5) is 0. The van der Waals surface area contributed by atoms with E-state index in [1.54, 1.807) is 0 Å². The largest absolute Gasteiger partial charge is 0.285 e. The second kappa shape index (κ2) is 5.09. The Hall–Kier alpha value is -1.13. The first-order valence-corrected chi connectivity index (χ1v) is 6.17. The van der Waals surface area contributed by atoms with Gasteiger partial charge < -0.3 is 0 Å². The number of aryl methyl sites for hydroxylation is 1. The minimum atomic E-state index is -4.00. The van der Waals surface area contributed by atoms with Crippen molar-refractivity contribution in [1.82, 2.24) is 0 Å². The van der Waals surface area contributed by atoms with Gasteiger partial charge in [0.25, 0.3) is 10.1 Å². The normalized spacial score (nSPS) is 13.4. The van der Waals surface area contributed by atoms with Gasteiger partial charge in [0.05, 0.1) is 0 Å². The van der Waals surface area contributed by atoms with E-state index in [1.165, 1.54) is 6.08 Å². The van der Waals surface area contributed by atoms with E-state index in [-0.39, 0.29) is 0 Å². The van der Waals surface area contributed by atoms with Crippen LogP contribution in [0.15, 0.2) is 43.0 Å². The third kappa shape index (κ3) is 3.85. The van der Waals surface area contributed by atoms with Gasteiger partial charge in [0, 0.05) is 0 Å². The summed E-state index contributed by atoms with van der Waals surface area (Å²) in [6, 6.07) is 9.53. The summed E-state index contributed by atoms with van der Waals surface area (Å²) in [5, 5.41) is -0.877. The molecule has 15 heavy (non-hydrogen) atoms. The Morgan fingerprint density at radius 3 is 2.40 bits per heavy atom. The minimum absolute atomic E-state index is 0.354. The van der Waals surface area contributed by atoms with Crippen LogP contribution < -0.4 is 0 Å². The zero-order valence-corrected chi connectivity index (χ0v) is 9.15. The fourth-order valence-electron chi connectivity index (χ4n) is 1.34. The van der Waals surface area contributed by atoms with Crippen LogP contribution in [0.3, 0.4) is 0 Å². The van der Waals surface area contributed by atoms with Gasteiger partial charge in [0.1, 0.15) is 5.25 Å². The van der Waals surface area contributed by atoms with E-state index in [9.17, 15) is 8.42 Å². The molecule has 0 aliphatic heterocycles. The predicted octanol–water partition coefficient (Wildman–Crippen LogP) is 2.06. The predicted molar refractivity (Wildman–Crippen MR) is 60.3 cm³/mol. The molecule has 0 aliphatic rings. The third-order valence-electron chi connectivity index (χ3n) is 2.21. The molecule has 1 rings (SSSR count). The van der Waals surface area contributed by atoms with Gasteiger partial charge in [-0.1, -0.05) is 36.4 Å². The highest BCUT2D eigenvalue weighted by molar-refractivity contribution is 7.86. The molecule has 1 atom stereocenters. The van der Waals surface area contributed by atoms with Crippen LogP contribution in [-0.2, 0) is 16.5 Å². The van der Waals surface area contributed by atoms with E-state index in [0.29, 0.717) is 12.8 Å². The van der Waals surface area contributed by atoms with Crippen molar-refractivity contribution in [3.05, 3.63) is 48.6 Å². The zero-order valence-electron chi connectivity index (χ0n) is 8.33. The van der Waals surface area contributed by atoms with E-state index in [4.69, 9.17) is 4.55 Å². The van der Waals surface area contributed by atoms with Gasteiger partial charge in [-0.25, -0.2) is 0 Å². The van der Waals surface area contributed by atoms with Gasteiger partial charge in [0.2, 0.25) is 0 Å². The zero-order chi connectivity index (χ0) is 11.3. The Kier molecular flexibility index (Phi) is 4.05. The van der Waals surface area contributed by atoms with E-state index in [2.05, 4.69) is 6.58 Å². The molecule has 0 aliphatic carbocycles. The standard InChI is InChI=1S/C11H14O3S/c1-2-11(15(12,13)14)9-8-10-6-4-3-5-7-10/h2-7,11H,1,8-9H2,(H,12,13,14). The molecule has 0 aromatic heterocycles. The van der Waals surface area contributed by atoms with Crippen molar-refractivity contribution in [3.8, 4) is 0 Å². The Balaban J connectivity index is 2.60. The first-order valence-electron chi connectivity index (χ1n) is 4.67. The summed E-state index contributed by atoms with van der Waals surface area (Å²) in [6.45, 7) is 3.40. The average molecular weight is 226 g/mol. The lowest BCUT2D eigenvalue weighted by Gasteiger charge is -2.08. The van der Waals surface area contributed by atoms with E-state index in [0.717, 1.165) is 5.56 Å².